The Kier molecular flexibility index (Phi) is 4.59. The van der Waals surface area contributed by atoms with Gasteiger partial charge in [0.15, 0.2) is 6.61 Å². The summed E-state index contributed by atoms with van der Waals surface area (Å²) in [5.74, 6) is -0.511. The minimum Gasteiger partial charge on any atom is -0.480 e. The molecular formula is C9H5I2NO3. The van der Waals surface area contributed by atoms with Crippen LogP contribution in [-0.4, -0.2) is 17.7 Å². The van der Waals surface area contributed by atoms with Gasteiger partial charge >= 0.3 is 5.97 Å². The second-order valence-corrected chi connectivity index (χ2v) is 4.89. The lowest BCUT2D eigenvalue weighted by Crippen LogP contribution is -2.11. The molecule has 78 valence electrons. The molecule has 1 aromatic carbocycles. The molecule has 0 spiro atoms. The second kappa shape index (κ2) is 5.50. The molecule has 6 heteroatoms. The van der Waals surface area contributed by atoms with Crippen molar-refractivity contribution in [3.05, 3.63) is 24.8 Å². The van der Waals surface area contributed by atoms with Crippen molar-refractivity contribution < 1.29 is 14.6 Å². The quantitative estimate of drug-likeness (QED) is 0.749. The third kappa shape index (κ3) is 3.49. The third-order valence-electron chi connectivity index (χ3n) is 1.47. The normalized spacial score (nSPS) is 9.40. The molecule has 0 aliphatic heterocycles. The van der Waals surface area contributed by atoms with Gasteiger partial charge in [-0.2, -0.15) is 5.26 Å². The molecule has 0 radical (unpaired) electrons. The molecule has 0 saturated carbocycles. The Labute approximate surface area is 114 Å². The highest BCUT2D eigenvalue weighted by atomic mass is 127. The maximum Gasteiger partial charge on any atom is 0.341 e. The lowest BCUT2D eigenvalue weighted by atomic mass is 10.2. The van der Waals surface area contributed by atoms with E-state index < -0.39 is 5.97 Å². The first-order chi connectivity index (χ1) is 7.04. The number of carboxylic acids is 1. The van der Waals surface area contributed by atoms with Crippen LogP contribution in [0.25, 0.3) is 0 Å². The molecule has 0 saturated heterocycles. The van der Waals surface area contributed by atoms with E-state index in [2.05, 4.69) is 0 Å². The zero-order valence-electron chi connectivity index (χ0n) is 7.33. The lowest BCUT2D eigenvalue weighted by molar-refractivity contribution is -0.139. The molecule has 15 heavy (non-hydrogen) atoms. The van der Waals surface area contributed by atoms with Crippen molar-refractivity contribution in [2.75, 3.05) is 6.61 Å². The standard InChI is InChI=1S/C9H5I2NO3/c10-6-1-5(3-12)2-7(11)9(6)15-4-8(13)14/h1-2H,4H2,(H,13,14). The van der Waals surface area contributed by atoms with Crippen LogP contribution in [0.15, 0.2) is 12.1 Å². The van der Waals surface area contributed by atoms with Crippen LogP contribution < -0.4 is 4.74 Å². The molecule has 0 fully saturated rings. The average molecular weight is 429 g/mol. The molecule has 0 atom stereocenters. The number of rotatable bonds is 3. The lowest BCUT2D eigenvalue weighted by Gasteiger charge is -2.08. The van der Waals surface area contributed by atoms with Crippen LogP contribution in [0.1, 0.15) is 5.56 Å². The van der Waals surface area contributed by atoms with Gasteiger partial charge in [-0.3, -0.25) is 0 Å². The summed E-state index contributed by atoms with van der Waals surface area (Å²) in [6.07, 6.45) is 0. The molecule has 1 rings (SSSR count). The molecule has 4 nitrogen and oxygen atoms in total. The van der Waals surface area contributed by atoms with Crippen molar-refractivity contribution in [2.45, 2.75) is 0 Å². The van der Waals surface area contributed by atoms with E-state index in [1.54, 1.807) is 12.1 Å². The van der Waals surface area contributed by atoms with Crippen LogP contribution in [0.2, 0.25) is 0 Å². The Morgan fingerprint density at radius 1 is 1.47 bits per heavy atom. The summed E-state index contributed by atoms with van der Waals surface area (Å²) >= 11 is 4.02. The third-order valence-corrected chi connectivity index (χ3v) is 3.07. The Bertz CT molecular complexity index is 416. The number of carboxylic acid groups (broad SMARTS) is 1. The van der Waals surface area contributed by atoms with Crippen LogP contribution in [0.3, 0.4) is 0 Å². The number of benzene rings is 1. The minimum atomic E-state index is -1.02. The molecule has 0 aliphatic rings. The van der Waals surface area contributed by atoms with Crippen molar-refractivity contribution >= 4 is 51.2 Å². The average Bonchev–Trinajstić information content (AvgIpc) is 2.15. The number of aliphatic carboxylic acids is 1. The molecular weight excluding hydrogens is 424 g/mol. The number of hydrogen-bond acceptors (Lipinski definition) is 3. The predicted octanol–water partition coefficient (Wildman–Crippen LogP) is 2.23. The van der Waals surface area contributed by atoms with Crippen LogP contribution in [-0.2, 0) is 4.79 Å². The molecule has 1 aromatic rings. The number of nitriles is 1. The van der Waals surface area contributed by atoms with Gasteiger partial charge in [0.25, 0.3) is 0 Å². The first kappa shape index (κ1) is 12.5. The van der Waals surface area contributed by atoms with Gasteiger partial charge in [-0.1, -0.05) is 0 Å². The van der Waals surface area contributed by atoms with Gasteiger partial charge in [0, 0.05) is 0 Å². The highest BCUT2D eigenvalue weighted by Crippen LogP contribution is 2.28. The molecule has 0 heterocycles. The molecule has 1 N–H and O–H groups in total. The summed E-state index contributed by atoms with van der Waals surface area (Å²) in [7, 11) is 0. The van der Waals surface area contributed by atoms with E-state index in [0.717, 1.165) is 7.14 Å². The molecule has 0 bridgehead atoms. The van der Waals surface area contributed by atoms with Gasteiger partial charge < -0.3 is 9.84 Å². The Morgan fingerprint density at radius 2 is 2.00 bits per heavy atom. The van der Waals surface area contributed by atoms with Gasteiger partial charge in [0.1, 0.15) is 5.75 Å². The monoisotopic (exact) mass is 429 g/mol. The molecule has 0 amide bonds. The van der Waals surface area contributed by atoms with Crippen molar-refractivity contribution in [2.24, 2.45) is 0 Å². The van der Waals surface area contributed by atoms with E-state index >= 15 is 0 Å². The van der Waals surface area contributed by atoms with Crippen LogP contribution >= 0.6 is 45.2 Å². The molecule has 0 aliphatic carbocycles. The Hall–Kier alpha value is -0.560. The molecule has 0 unspecified atom stereocenters. The predicted molar refractivity (Wildman–Crippen MR) is 69.7 cm³/mol. The Morgan fingerprint density at radius 3 is 2.40 bits per heavy atom. The summed E-state index contributed by atoms with van der Waals surface area (Å²) in [4.78, 5) is 10.3. The van der Waals surface area contributed by atoms with Gasteiger partial charge in [-0.25, -0.2) is 4.79 Å². The van der Waals surface area contributed by atoms with Crippen molar-refractivity contribution in [3.8, 4) is 11.8 Å². The topological polar surface area (TPSA) is 70.3 Å². The summed E-state index contributed by atoms with van der Waals surface area (Å²) in [6, 6.07) is 5.32. The number of carbonyl (C=O) groups is 1. The zero-order valence-corrected chi connectivity index (χ0v) is 11.6. The Balaban J connectivity index is 2.99. The number of nitrogens with zero attached hydrogens (tertiary/aromatic N) is 1. The highest BCUT2D eigenvalue weighted by Gasteiger charge is 2.10. The molecule has 0 aromatic heterocycles. The fraction of sp³-hybridized carbons (Fsp3) is 0.111. The summed E-state index contributed by atoms with van der Waals surface area (Å²) in [5, 5.41) is 17.2. The van der Waals surface area contributed by atoms with Gasteiger partial charge in [-0.05, 0) is 57.3 Å². The van der Waals surface area contributed by atoms with E-state index in [0.29, 0.717) is 11.3 Å². The smallest absolute Gasteiger partial charge is 0.341 e. The summed E-state index contributed by atoms with van der Waals surface area (Å²) in [6.45, 7) is -0.377. The van der Waals surface area contributed by atoms with Crippen molar-refractivity contribution in [1.82, 2.24) is 0 Å². The highest BCUT2D eigenvalue weighted by molar-refractivity contribution is 14.1. The second-order valence-electron chi connectivity index (χ2n) is 2.56. The zero-order chi connectivity index (χ0) is 11.4. The maximum absolute atomic E-state index is 10.3. The van der Waals surface area contributed by atoms with E-state index in [1.165, 1.54) is 0 Å². The minimum absolute atomic E-state index is 0.377. The summed E-state index contributed by atoms with van der Waals surface area (Å²) < 4.78 is 6.57. The van der Waals surface area contributed by atoms with E-state index in [9.17, 15) is 4.79 Å². The fourth-order valence-electron chi connectivity index (χ4n) is 0.896. The largest absolute Gasteiger partial charge is 0.480 e. The fourth-order valence-corrected chi connectivity index (χ4v) is 2.98. The van der Waals surface area contributed by atoms with E-state index in [1.807, 2.05) is 51.3 Å². The van der Waals surface area contributed by atoms with Gasteiger partial charge in [-0.15, -0.1) is 0 Å². The van der Waals surface area contributed by atoms with Gasteiger partial charge in [0.2, 0.25) is 0 Å². The SMILES string of the molecule is N#Cc1cc(I)c(OCC(=O)O)c(I)c1. The van der Waals surface area contributed by atoms with Crippen LogP contribution in [0.5, 0.6) is 5.75 Å². The van der Waals surface area contributed by atoms with Crippen LogP contribution in [0.4, 0.5) is 0 Å². The van der Waals surface area contributed by atoms with Crippen molar-refractivity contribution in [1.29, 1.82) is 5.26 Å². The van der Waals surface area contributed by atoms with E-state index in [4.69, 9.17) is 15.1 Å². The maximum atomic E-state index is 10.3. The summed E-state index contributed by atoms with van der Waals surface area (Å²) in [5.41, 5.74) is 0.534. The first-order valence-electron chi connectivity index (χ1n) is 3.78. The number of halogens is 2. The first-order valence-corrected chi connectivity index (χ1v) is 5.94. The number of hydrogen-bond donors (Lipinski definition) is 1. The van der Waals surface area contributed by atoms with E-state index in [-0.39, 0.29) is 6.61 Å². The van der Waals surface area contributed by atoms with Gasteiger partial charge in [0.05, 0.1) is 18.8 Å². The number of ether oxygens (including phenoxy) is 1. The van der Waals surface area contributed by atoms with Crippen molar-refractivity contribution in [3.63, 3.8) is 0 Å². The van der Waals surface area contributed by atoms with Crippen LogP contribution in [0, 0.1) is 18.5 Å².